The Hall–Kier alpha value is -0.160. The van der Waals surface area contributed by atoms with Crippen molar-refractivity contribution in [2.45, 2.75) is 76.6 Å². The van der Waals surface area contributed by atoms with Crippen molar-refractivity contribution >= 4 is 0 Å². The Morgan fingerprint density at radius 3 is 2.26 bits per heavy atom. The molecular formula is C15H31NO3. The first-order valence-electron chi connectivity index (χ1n) is 7.56. The van der Waals surface area contributed by atoms with Crippen molar-refractivity contribution in [3.8, 4) is 0 Å². The minimum Gasteiger partial charge on any atom is -0.389 e. The fourth-order valence-corrected chi connectivity index (χ4v) is 2.44. The first-order valence-corrected chi connectivity index (χ1v) is 7.56. The van der Waals surface area contributed by atoms with Crippen molar-refractivity contribution in [3.05, 3.63) is 0 Å². The second-order valence-corrected chi connectivity index (χ2v) is 6.85. The highest BCUT2D eigenvalue weighted by Gasteiger charge is 2.27. The molecule has 1 aliphatic carbocycles. The van der Waals surface area contributed by atoms with E-state index in [1.807, 2.05) is 20.8 Å². The summed E-state index contributed by atoms with van der Waals surface area (Å²) in [6, 6.07) is 0. The van der Waals surface area contributed by atoms with E-state index in [1.54, 1.807) is 0 Å². The van der Waals surface area contributed by atoms with E-state index in [1.165, 1.54) is 12.8 Å². The molecule has 114 valence electrons. The lowest BCUT2D eigenvalue weighted by molar-refractivity contribution is -0.0498. The second kappa shape index (κ2) is 7.58. The second-order valence-electron chi connectivity index (χ2n) is 6.85. The van der Waals surface area contributed by atoms with Gasteiger partial charge in [0.25, 0.3) is 0 Å². The van der Waals surface area contributed by atoms with E-state index < -0.39 is 11.7 Å². The van der Waals surface area contributed by atoms with Crippen LogP contribution in [0, 0.1) is 0 Å². The molecule has 4 heteroatoms. The zero-order valence-corrected chi connectivity index (χ0v) is 12.7. The molecule has 4 nitrogen and oxygen atoms in total. The summed E-state index contributed by atoms with van der Waals surface area (Å²) in [5.41, 5.74) is -0.804. The van der Waals surface area contributed by atoms with Crippen molar-refractivity contribution in [2.24, 2.45) is 0 Å². The van der Waals surface area contributed by atoms with Crippen LogP contribution in [0.15, 0.2) is 0 Å². The molecule has 1 saturated carbocycles. The van der Waals surface area contributed by atoms with Crippen molar-refractivity contribution in [1.82, 2.24) is 5.32 Å². The van der Waals surface area contributed by atoms with Crippen molar-refractivity contribution in [3.63, 3.8) is 0 Å². The summed E-state index contributed by atoms with van der Waals surface area (Å²) in [5.74, 6) is 0. The molecule has 0 radical (unpaired) electrons. The van der Waals surface area contributed by atoms with Gasteiger partial charge < -0.3 is 20.3 Å². The molecule has 0 heterocycles. The van der Waals surface area contributed by atoms with E-state index >= 15 is 0 Å². The predicted octanol–water partition coefficient (Wildman–Crippen LogP) is 1.84. The smallest absolute Gasteiger partial charge is 0.0897 e. The van der Waals surface area contributed by atoms with E-state index in [-0.39, 0.29) is 5.60 Å². The number of aliphatic hydroxyl groups excluding tert-OH is 1. The van der Waals surface area contributed by atoms with Gasteiger partial charge >= 0.3 is 0 Å². The van der Waals surface area contributed by atoms with Gasteiger partial charge in [0.2, 0.25) is 0 Å². The van der Waals surface area contributed by atoms with Crippen LogP contribution in [0.4, 0.5) is 0 Å². The third-order valence-electron chi connectivity index (χ3n) is 3.58. The molecule has 0 saturated heterocycles. The Labute approximate surface area is 117 Å². The molecular weight excluding hydrogens is 242 g/mol. The predicted molar refractivity (Wildman–Crippen MR) is 77.2 cm³/mol. The normalized spacial score (nSPS) is 21.9. The van der Waals surface area contributed by atoms with E-state index in [0.29, 0.717) is 19.7 Å². The fraction of sp³-hybridized carbons (Fsp3) is 1.00. The SMILES string of the molecule is CC(C)(C)OCC(O)CNCC1(O)CCCCCC1. The van der Waals surface area contributed by atoms with Crippen LogP contribution in [-0.2, 0) is 4.74 Å². The van der Waals surface area contributed by atoms with Gasteiger partial charge in [0.15, 0.2) is 0 Å². The number of hydrogen-bond acceptors (Lipinski definition) is 4. The Bertz CT molecular complexity index is 242. The van der Waals surface area contributed by atoms with E-state index in [2.05, 4.69) is 5.32 Å². The molecule has 0 aromatic carbocycles. The standard InChI is InChI=1S/C15H31NO3/c1-14(2,3)19-11-13(17)10-16-12-15(18)8-6-4-5-7-9-15/h13,16-18H,4-12H2,1-3H3. The molecule has 0 amide bonds. The summed E-state index contributed by atoms with van der Waals surface area (Å²) < 4.78 is 5.53. The number of aliphatic hydroxyl groups is 2. The monoisotopic (exact) mass is 273 g/mol. The van der Waals surface area contributed by atoms with Gasteiger partial charge in [-0.05, 0) is 33.6 Å². The highest BCUT2D eigenvalue weighted by molar-refractivity contribution is 4.83. The molecule has 0 aromatic heterocycles. The van der Waals surface area contributed by atoms with Gasteiger partial charge in [0.05, 0.1) is 23.9 Å². The molecule has 1 fully saturated rings. The molecule has 0 bridgehead atoms. The number of hydrogen-bond donors (Lipinski definition) is 3. The van der Waals surface area contributed by atoms with E-state index in [9.17, 15) is 10.2 Å². The Kier molecular flexibility index (Phi) is 6.74. The third kappa shape index (κ3) is 7.88. The lowest BCUT2D eigenvalue weighted by Crippen LogP contribution is -2.43. The summed E-state index contributed by atoms with van der Waals surface area (Å²) in [5, 5.41) is 23.4. The van der Waals surface area contributed by atoms with Gasteiger partial charge in [-0.1, -0.05) is 25.7 Å². The minimum atomic E-state index is -0.582. The topological polar surface area (TPSA) is 61.7 Å². The molecule has 3 N–H and O–H groups in total. The van der Waals surface area contributed by atoms with Crippen LogP contribution in [0.25, 0.3) is 0 Å². The van der Waals surface area contributed by atoms with Gasteiger partial charge in [0.1, 0.15) is 0 Å². The zero-order valence-electron chi connectivity index (χ0n) is 12.7. The summed E-state index contributed by atoms with van der Waals surface area (Å²) in [6.07, 6.45) is 5.88. The largest absolute Gasteiger partial charge is 0.389 e. The molecule has 0 spiro atoms. The minimum absolute atomic E-state index is 0.222. The summed E-state index contributed by atoms with van der Waals surface area (Å²) in [7, 11) is 0. The average molecular weight is 273 g/mol. The van der Waals surface area contributed by atoms with Gasteiger partial charge in [0, 0.05) is 13.1 Å². The summed E-state index contributed by atoms with van der Waals surface area (Å²) in [6.45, 7) is 7.29. The maximum absolute atomic E-state index is 10.4. The Morgan fingerprint density at radius 1 is 1.16 bits per heavy atom. The maximum atomic E-state index is 10.4. The number of rotatable bonds is 6. The van der Waals surface area contributed by atoms with Crippen LogP contribution in [0.3, 0.4) is 0 Å². The molecule has 1 unspecified atom stereocenters. The van der Waals surface area contributed by atoms with E-state index in [0.717, 1.165) is 25.7 Å². The third-order valence-corrected chi connectivity index (χ3v) is 3.58. The lowest BCUT2D eigenvalue weighted by Gasteiger charge is -2.28. The van der Waals surface area contributed by atoms with Crippen LogP contribution in [0.5, 0.6) is 0 Å². The highest BCUT2D eigenvalue weighted by Crippen LogP contribution is 2.26. The quantitative estimate of drug-likeness (QED) is 0.646. The molecule has 0 aromatic rings. The van der Waals surface area contributed by atoms with Crippen molar-refractivity contribution < 1.29 is 14.9 Å². The number of nitrogens with one attached hydrogen (secondary N) is 1. The highest BCUT2D eigenvalue weighted by atomic mass is 16.5. The number of ether oxygens (including phenoxy) is 1. The first kappa shape index (κ1) is 16.9. The first-order chi connectivity index (χ1) is 8.81. The molecule has 19 heavy (non-hydrogen) atoms. The molecule has 1 aliphatic rings. The van der Waals surface area contributed by atoms with E-state index in [4.69, 9.17) is 4.74 Å². The van der Waals surface area contributed by atoms with Crippen molar-refractivity contribution in [1.29, 1.82) is 0 Å². The van der Waals surface area contributed by atoms with Gasteiger partial charge in [-0.3, -0.25) is 0 Å². The summed E-state index contributed by atoms with van der Waals surface area (Å²) in [4.78, 5) is 0. The molecule has 1 rings (SSSR count). The van der Waals surface area contributed by atoms with Gasteiger partial charge in [-0.15, -0.1) is 0 Å². The Balaban J connectivity index is 2.17. The van der Waals surface area contributed by atoms with Crippen LogP contribution in [0.1, 0.15) is 59.3 Å². The van der Waals surface area contributed by atoms with Crippen molar-refractivity contribution in [2.75, 3.05) is 19.7 Å². The van der Waals surface area contributed by atoms with Gasteiger partial charge in [-0.2, -0.15) is 0 Å². The van der Waals surface area contributed by atoms with Gasteiger partial charge in [-0.25, -0.2) is 0 Å². The van der Waals surface area contributed by atoms with Crippen LogP contribution < -0.4 is 5.32 Å². The van der Waals surface area contributed by atoms with Crippen LogP contribution >= 0.6 is 0 Å². The molecule has 0 aliphatic heterocycles. The summed E-state index contributed by atoms with van der Waals surface area (Å²) >= 11 is 0. The van der Waals surface area contributed by atoms with Crippen LogP contribution in [-0.4, -0.2) is 47.2 Å². The Morgan fingerprint density at radius 2 is 1.74 bits per heavy atom. The lowest BCUT2D eigenvalue weighted by atomic mass is 9.94. The fourth-order valence-electron chi connectivity index (χ4n) is 2.44. The van der Waals surface area contributed by atoms with Crippen LogP contribution in [0.2, 0.25) is 0 Å². The zero-order chi connectivity index (χ0) is 14.4. The average Bonchev–Trinajstić information content (AvgIpc) is 2.51. The maximum Gasteiger partial charge on any atom is 0.0897 e. The molecule has 1 atom stereocenters.